The van der Waals surface area contributed by atoms with Crippen LogP contribution in [0.5, 0.6) is 5.75 Å². The summed E-state index contributed by atoms with van der Waals surface area (Å²) in [5, 5.41) is 3.71. The molecule has 0 unspecified atom stereocenters. The van der Waals surface area contributed by atoms with Gasteiger partial charge >= 0.3 is 0 Å². The van der Waals surface area contributed by atoms with Crippen LogP contribution in [0.25, 0.3) is 0 Å². The van der Waals surface area contributed by atoms with E-state index in [2.05, 4.69) is 10.2 Å². The quantitative estimate of drug-likeness (QED) is 0.791. The molecule has 3 rings (SSSR count). The highest BCUT2D eigenvalue weighted by Crippen LogP contribution is 2.23. The third-order valence-electron chi connectivity index (χ3n) is 4.69. The van der Waals surface area contributed by atoms with Gasteiger partial charge in [0.1, 0.15) is 5.75 Å². The number of hydrogen-bond donors (Lipinski definition) is 1. The maximum atomic E-state index is 12.3. The van der Waals surface area contributed by atoms with E-state index in [1.54, 1.807) is 0 Å². The van der Waals surface area contributed by atoms with E-state index in [0.717, 1.165) is 30.0 Å². The predicted octanol–water partition coefficient (Wildman–Crippen LogP) is 3.22. The van der Waals surface area contributed by atoms with E-state index in [-0.39, 0.29) is 18.6 Å². The fourth-order valence-electron chi connectivity index (χ4n) is 3.16. The molecule has 6 heteroatoms. The van der Waals surface area contributed by atoms with Crippen molar-refractivity contribution < 1.29 is 14.3 Å². The average molecular weight is 389 g/mol. The zero-order valence-corrected chi connectivity index (χ0v) is 16.2. The highest BCUT2D eigenvalue weighted by molar-refractivity contribution is 6.30. The van der Waals surface area contributed by atoms with Gasteiger partial charge in [-0.25, -0.2) is 0 Å². The number of aryl methyl sites for hydroxylation is 1. The summed E-state index contributed by atoms with van der Waals surface area (Å²) in [6, 6.07) is 15.5. The fraction of sp³-hybridized carbons (Fsp3) is 0.381. The lowest BCUT2D eigenvalue weighted by molar-refractivity contribution is -0.123. The molecule has 0 aliphatic carbocycles. The first kappa shape index (κ1) is 19.7. The van der Waals surface area contributed by atoms with Gasteiger partial charge < -0.3 is 14.8 Å². The van der Waals surface area contributed by atoms with E-state index in [9.17, 15) is 4.79 Å². The lowest BCUT2D eigenvalue weighted by atomic mass is 10.0. The van der Waals surface area contributed by atoms with Gasteiger partial charge in [-0.1, -0.05) is 41.9 Å². The summed E-state index contributed by atoms with van der Waals surface area (Å²) < 4.78 is 11.1. The minimum absolute atomic E-state index is 0.00129. The van der Waals surface area contributed by atoms with Gasteiger partial charge in [-0.15, -0.1) is 0 Å². The molecule has 1 heterocycles. The largest absolute Gasteiger partial charge is 0.484 e. The van der Waals surface area contributed by atoms with Crippen LogP contribution in [-0.2, 0) is 9.53 Å². The van der Waals surface area contributed by atoms with E-state index < -0.39 is 0 Å². The number of hydrogen-bond acceptors (Lipinski definition) is 4. The topological polar surface area (TPSA) is 50.8 Å². The molecule has 1 N–H and O–H groups in total. The van der Waals surface area contributed by atoms with Crippen molar-refractivity contribution in [3.05, 3.63) is 64.7 Å². The summed E-state index contributed by atoms with van der Waals surface area (Å²) in [4.78, 5) is 14.6. The fourth-order valence-corrected chi connectivity index (χ4v) is 3.28. The number of para-hydroxylation sites is 1. The van der Waals surface area contributed by atoms with Gasteiger partial charge in [0.2, 0.25) is 0 Å². The van der Waals surface area contributed by atoms with Gasteiger partial charge in [0.15, 0.2) is 6.61 Å². The van der Waals surface area contributed by atoms with E-state index >= 15 is 0 Å². The molecule has 144 valence electrons. The second-order valence-electron chi connectivity index (χ2n) is 6.57. The van der Waals surface area contributed by atoms with Crippen LogP contribution < -0.4 is 10.1 Å². The number of carbonyl (C=O) groups excluding carboxylic acids is 1. The Kier molecular flexibility index (Phi) is 7.10. The van der Waals surface area contributed by atoms with Crippen molar-refractivity contribution in [1.82, 2.24) is 10.2 Å². The number of carbonyl (C=O) groups is 1. The molecule has 0 saturated carbocycles. The van der Waals surface area contributed by atoms with Crippen molar-refractivity contribution in [2.75, 3.05) is 39.5 Å². The zero-order chi connectivity index (χ0) is 19.1. The third-order valence-corrected chi connectivity index (χ3v) is 4.94. The molecule has 1 aliphatic heterocycles. The van der Waals surface area contributed by atoms with Crippen molar-refractivity contribution in [3.63, 3.8) is 0 Å². The summed E-state index contributed by atoms with van der Waals surface area (Å²) in [5.74, 6) is 0.598. The Balaban J connectivity index is 1.59. The normalized spacial score (nSPS) is 15.9. The van der Waals surface area contributed by atoms with E-state index in [1.807, 2.05) is 55.5 Å². The molecule has 0 bridgehead atoms. The van der Waals surface area contributed by atoms with Gasteiger partial charge in [0.05, 0.1) is 19.3 Å². The molecule has 2 aromatic carbocycles. The van der Waals surface area contributed by atoms with Crippen LogP contribution in [0.3, 0.4) is 0 Å². The zero-order valence-electron chi connectivity index (χ0n) is 15.5. The van der Waals surface area contributed by atoms with Crippen molar-refractivity contribution in [2.45, 2.75) is 13.0 Å². The smallest absolute Gasteiger partial charge is 0.258 e. The van der Waals surface area contributed by atoms with Gasteiger partial charge in [-0.05, 0) is 36.2 Å². The molecule has 1 fully saturated rings. The van der Waals surface area contributed by atoms with Gasteiger partial charge in [0, 0.05) is 24.7 Å². The number of halogens is 1. The molecule has 1 atom stereocenters. The molecule has 1 aliphatic rings. The van der Waals surface area contributed by atoms with E-state index in [4.69, 9.17) is 21.1 Å². The molecular formula is C21H25ClN2O3. The second-order valence-corrected chi connectivity index (χ2v) is 7.01. The van der Waals surface area contributed by atoms with E-state index in [0.29, 0.717) is 24.8 Å². The molecule has 27 heavy (non-hydrogen) atoms. The van der Waals surface area contributed by atoms with Crippen molar-refractivity contribution in [2.24, 2.45) is 0 Å². The lowest BCUT2D eigenvalue weighted by Crippen LogP contribution is -2.44. The standard InChI is InChI=1S/C21H25ClN2O3/c1-16-4-2-3-5-20(16)27-15-21(25)23-14-19(24-10-12-26-13-11-24)17-6-8-18(22)9-7-17/h2-9,19H,10-15H2,1H3,(H,23,25)/t19-/m1/s1. The first-order chi connectivity index (χ1) is 13.1. The maximum absolute atomic E-state index is 12.3. The minimum Gasteiger partial charge on any atom is -0.484 e. The second kappa shape index (κ2) is 9.74. The monoisotopic (exact) mass is 388 g/mol. The van der Waals surface area contributed by atoms with Crippen molar-refractivity contribution in [3.8, 4) is 5.75 Å². The molecule has 0 spiro atoms. The number of ether oxygens (including phenoxy) is 2. The van der Waals surface area contributed by atoms with Gasteiger partial charge in [-0.3, -0.25) is 9.69 Å². The number of nitrogens with one attached hydrogen (secondary N) is 1. The summed E-state index contributed by atoms with van der Waals surface area (Å²) in [7, 11) is 0. The highest BCUT2D eigenvalue weighted by Gasteiger charge is 2.23. The first-order valence-corrected chi connectivity index (χ1v) is 9.53. The number of morpholine rings is 1. The minimum atomic E-state index is -0.134. The van der Waals surface area contributed by atoms with Crippen LogP contribution in [0.2, 0.25) is 5.02 Å². The molecule has 5 nitrogen and oxygen atoms in total. The van der Waals surface area contributed by atoms with Gasteiger partial charge in [-0.2, -0.15) is 0 Å². The van der Waals surface area contributed by atoms with Crippen LogP contribution in [0, 0.1) is 6.92 Å². The van der Waals surface area contributed by atoms with Crippen LogP contribution in [0.4, 0.5) is 0 Å². The summed E-state index contributed by atoms with van der Waals surface area (Å²) in [5.41, 5.74) is 2.14. The van der Waals surface area contributed by atoms with E-state index in [1.165, 1.54) is 0 Å². The Bertz CT molecular complexity index is 745. The Labute approximate surface area is 165 Å². The summed E-state index contributed by atoms with van der Waals surface area (Å²) in [6.45, 7) is 5.55. The summed E-state index contributed by atoms with van der Waals surface area (Å²) >= 11 is 6.02. The lowest BCUT2D eigenvalue weighted by Gasteiger charge is -2.35. The Morgan fingerprint density at radius 3 is 2.59 bits per heavy atom. The maximum Gasteiger partial charge on any atom is 0.258 e. The van der Waals surface area contributed by atoms with Crippen LogP contribution >= 0.6 is 11.6 Å². The predicted molar refractivity (Wildman–Crippen MR) is 106 cm³/mol. The van der Waals surface area contributed by atoms with Crippen molar-refractivity contribution in [1.29, 1.82) is 0 Å². The molecule has 1 amide bonds. The number of nitrogens with zero attached hydrogens (tertiary/aromatic N) is 1. The molecular weight excluding hydrogens is 364 g/mol. The molecule has 2 aromatic rings. The number of rotatable bonds is 7. The first-order valence-electron chi connectivity index (χ1n) is 9.16. The molecule has 1 saturated heterocycles. The summed E-state index contributed by atoms with van der Waals surface area (Å²) in [6.07, 6.45) is 0. The van der Waals surface area contributed by atoms with Crippen LogP contribution in [0.1, 0.15) is 17.2 Å². The van der Waals surface area contributed by atoms with Gasteiger partial charge in [0.25, 0.3) is 5.91 Å². The highest BCUT2D eigenvalue weighted by atomic mass is 35.5. The number of benzene rings is 2. The molecule has 0 aromatic heterocycles. The van der Waals surface area contributed by atoms with Crippen LogP contribution in [0.15, 0.2) is 48.5 Å². The molecule has 0 radical (unpaired) electrons. The van der Waals surface area contributed by atoms with Crippen LogP contribution in [-0.4, -0.2) is 50.3 Å². The Morgan fingerprint density at radius 1 is 1.19 bits per heavy atom. The Morgan fingerprint density at radius 2 is 1.89 bits per heavy atom. The number of amides is 1. The third kappa shape index (κ3) is 5.70. The SMILES string of the molecule is Cc1ccccc1OCC(=O)NC[C@H](c1ccc(Cl)cc1)N1CCOCC1. The Hall–Kier alpha value is -2.08. The van der Waals surface area contributed by atoms with Crippen molar-refractivity contribution >= 4 is 17.5 Å². The average Bonchev–Trinajstić information content (AvgIpc) is 2.69.